The largest absolute Gasteiger partial charge is 0.493 e. The van der Waals surface area contributed by atoms with Gasteiger partial charge in [0.05, 0.1) is 21.3 Å². The van der Waals surface area contributed by atoms with Gasteiger partial charge in [-0.25, -0.2) is 4.79 Å². The van der Waals surface area contributed by atoms with E-state index < -0.39 is 0 Å². The summed E-state index contributed by atoms with van der Waals surface area (Å²) in [6, 6.07) is 13.7. The van der Waals surface area contributed by atoms with Crippen LogP contribution in [-0.2, 0) is 11.3 Å². The first-order valence-corrected chi connectivity index (χ1v) is 9.16. The van der Waals surface area contributed by atoms with Gasteiger partial charge >= 0.3 is 6.09 Å². The summed E-state index contributed by atoms with van der Waals surface area (Å²) in [6.45, 7) is 0.270. The van der Waals surface area contributed by atoms with Crippen LogP contribution in [0.2, 0.25) is 0 Å². The highest BCUT2D eigenvalue weighted by Crippen LogP contribution is 2.40. The van der Waals surface area contributed by atoms with Gasteiger partial charge in [0, 0.05) is 29.9 Å². The van der Waals surface area contributed by atoms with Crippen molar-refractivity contribution in [2.75, 3.05) is 26.6 Å². The van der Waals surface area contributed by atoms with Crippen molar-refractivity contribution < 1.29 is 23.7 Å². The number of amides is 1. The molecule has 1 saturated carbocycles. The number of benzene rings is 2. The molecule has 150 valence electrons. The molecule has 0 aliphatic heterocycles. The Morgan fingerprint density at radius 1 is 0.964 bits per heavy atom. The molecule has 1 aliphatic carbocycles. The minimum Gasteiger partial charge on any atom is -0.493 e. The third-order valence-corrected chi connectivity index (χ3v) is 4.71. The number of methoxy groups -OCH3 is 3. The number of carbonyl (C=O) groups excluding carboxylic acids is 1. The molecule has 0 aromatic heterocycles. The van der Waals surface area contributed by atoms with Gasteiger partial charge in [0.15, 0.2) is 11.5 Å². The average Bonchev–Trinajstić information content (AvgIpc) is 2.70. The van der Waals surface area contributed by atoms with Crippen LogP contribution in [0, 0.1) is 0 Å². The first-order valence-electron chi connectivity index (χ1n) is 9.16. The van der Waals surface area contributed by atoms with Gasteiger partial charge in [0.1, 0.15) is 6.61 Å². The third-order valence-electron chi connectivity index (χ3n) is 4.71. The molecule has 28 heavy (non-hydrogen) atoms. The zero-order valence-electron chi connectivity index (χ0n) is 16.4. The molecule has 0 unspecified atom stereocenters. The Bertz CT molecular complexity index is 766. The van der Waals surface area contributed by atoms with Gasteiger partial charge in [-0.15, -0.1) is 0 Å². The van der Waals surface area contributed by atoms with Gasteiger partial charge in [-0.3, -0.25) is 0 Å². The fourth-order valence-corrected chi connectivity index (χ4v) is 3.19. The molecule has 0 atom stereocenters. The second-order valence-corrected chi connectivity index (χ2v) is 6.63. The van der Waals surface area contributed by atoms with Crippen molar-refractivity contribution in [1.29, 1.82) is 0 Å². The molecule has 7 nitrogen and oxygen atoms in total. The Kier molecular flexibility index (Phi) is 6.47. The maximum atomic E-state index is 11.9. The van der Waals surface area contributed by atoms with Crippen LogP contribution in [0.15, 0.2) is 42.5 Å². The summed E-state index contributed by atoms with van der Waals surface area (Å²) >= 11 is 0. The highest BCUT2D eigenvalue weighted by molar-refractivity contribution is 5.68. The average molecular weight is 386 g/mol. The summed E-state index contributed by atoms with van der Waals surface area (Å²) in [5, 5.41) is 6.33. The zero-order valence-corrected chi connectivity index (χ0v) is 16.4. The molecule has 1 fully saturated rings. The van der Waals surface area contributed by atoms with E-state index in [1.54, 1.807) is 21.3 Å². The minimum absolute atomic E-state index is 0.0998. The molecular weight excluding hydrogens is 360 g/mol. The number of anilines is 1. The molecule has 3 rings (SSSR count). The topological polar surface area (TPSA) is 78.1 Å². The lowest BCUT2D eigenvalue weighted by atomic mass is 9.86. The number of rotatable bonds is 8. The highest BCUT2D eigenvalue weighted by atomic mass is 16.5. The predicted octanol–water partition coefficient (Wildman–Crippen LogP) is 3.58. The molecule has 0 spiro atoms. The van der Waals surface area contributed by atoms with Crippen LogP contribution >= 0.6 is 0 Å². The van der Waals surface area contributed by atoms with Crippen molar-refractivity contribution in [2.24, 2.45) is 0 Å². The second-order valence-electron chi connectivity index (χ2n) is 6.63. The van der Waals surface area contributed by atoms with Gasteiger partial charge in [0.2, 0.25) is 5.75 Å². The van der Waals surface area contributed by atoms with Gasteiger partial charge in [-0.1, -0.05) is 30.3 Å². The van der Waals surface area contributed by atoms with Gasteiger partial charge in [0.25, 0.3) is 0 Å². The van der Waals surface area contributed by atoms with E-state index in [0.29, 0.717) is 17.2 Å². The van der Waals surface area contributed by atoms with Crippen LogP contribution in [0.25, 0.3) is 0 Å². The van der Waals surface area contributed by atoms with E-state index in [1.807, 2.05) is 42.5 Å². The van der Waals surface area contributed by atoms with Gasteiger partial charge in [-0.2, -0.15) is 0 Å². The number of carbonyl (C=O) groups is 1. The maximum Gasteiger partial charge on any atom is 0.407 e. The monoisotopic (exact) mass is 386 g/mol. The lowest BCUT2D eigenvalue weighted by molar-refractivity contribution is 0.129. The van der Waals surface area contributed by atoms with E-state index in [2.05, 4.69) is 10.6 Å². The van der Waals surface area contributed by atoms with Gasteiger partial charge < -0.3 is 29.6 Å². The van der Waals surface area contributed by atoms with E-state index in [9.17, 15) is 4.79 Å². The number of hydrogen-bond acceptors (Lipinski definition) is 6. The molecule has 1 amide bonds. The lowest BCUT2D eigenvalue weighted by Gasteiger charge is -2.36. The summed E-state index contributed by atoms with van der Waals surface area (Å²) in [5.74, 6) is 1.76. The minimum atomic E-state index is -0.389. The number of hydrogen-bond donors (Lipinski definition) is 2. The van der Waals surface area contributed by atoms with Crippen molar-refractivity contribution in [2.45, 2.75) is 31.5 Å². The van der Waals surface area contributed by atoms with Crippen LogP contribution in [0.5, 0.6) is 17.2 Å². The maximum absolute atomic E-state index is 11.9. The molecule has 0 radical (unpaired) electrons. The van der Waals surface area contributed by atoms with Crippen molar-refractivity contribution in [3.8, 4) is 17.2 Å². The van der Waals surface area contributed by atoms with E-state index in [0.717, 1.165) is 24.1 Å². The van der Waals surface area contributed by atoms with Crippen molar-refractivity contribution >= 4 is 11.8 Å². The van der Waals surface area contributed by atoms with Crippen molar-refractivity contribution in [1.82, 2.24) is 5.32 Å². The van der Waals surface area contributed by atoms with E-state index in [4.69, 9.17) is 18.9 Å². The van der Waals surface area contributed by atoms with Crippen LogP contribution in [0.4, 0.5) is 10.5 Å². The molecule has 7 heteroatoms. The van der Waals surface area contributed by atoms with Crippen LogP contribution in [-0.4, -0.2) is 39.5 Å². The molecule has 0 heterocycles. The number of alkyl carbamates (subject to hydrolysis) is 1. The van der Waals surface area contributed by atoms with Gasteiger partial charge in [-0.05, 0) is 18.4 Å². The predicted molar refractivity (Wildman–Crippen MR) is 106 cm³/mol. The standard InChI is InChI=1S/C21H26N2O5/c1-25-18-11-17(12-19(26-2)20(18)27-3)22-15-9-16(10-15)23-21(24)28-13-14-7-5-4-6-8-14/h4-8,11-12,15-16,22H,9-10,13H2,1-3H3,(H,23,24). The molecule has 0 bridgehead atoms. The van der Waals surface area contributed by atoms with Crippen molar-refractivity contribution in [3.05, 3.63) is 48.0 Å². The summed E-state index contributed by atoms with van der Waals surface area (Å²) in [7, 11) is 4.75. The normalized spacial score (nSPS) is 17.8. The Morgan fingerprint density at radius 2 is 1.61 bits per heavy atom. The first-order chi connectivity index (χ1) is 13.6. The molecule has 2 aromatic rings. The molecule has 1 aliphatic rings. The highest BCUT2D eigenvalue weighted by Gasteiger charge is 2.31. The van der Waals surface area contributed by atoms with E-state index >= 15 is 0 Å². The molecular formula is C21H26N2O5. The Labute approximate surface area is 164 Å². The first kappa shape index (κ1) is 19.7. The lowest BCUT2D eigenvalue weighted by Crippen LogP contribution is -2.49. The van der Waals surface area contributed by atoms with E-state index in [-0.39, 0.29) is 24.8 Å². The Morgan fingerprint density at radius 3 is 2.18 bits per heavy atom. The SMILES string of the molecule is COc1cc(NC2CC(NC(=O)OCc3ccccc3)C2)cc(OC)c1OC. The van der Waals surface area contributed by atoms with Crippen LogP contribution in [0.1, 0.15) is 18.4 Å². The van der Waals surface area contributed by atoms with Crippen LogP contribution < -0.4 is 24.8 Å². The molecule has 0 saturated heterocycles. The summed E-state index contributed by atoms with van der Waals surface area (Å²) in [5.41, 5.74) is 1.85. The number of ether oxygens (including phenoxy) is 4. The molecule has 2 aromatic carbocycles. The third kappa shape index (κ3) is 4.79. The van der Waals surface area contributed by atoms with Crippen LogP contribution in [0.3, 0.4) is 0 Å². The smallest absolute Gasteiger partial charge is 0.407 e. The quantitative estimate of drug-likeness (QED) is 0.722. The summed E-state index contributed by atoms with van der Waals surface area (Å²) < 4.78 is 21.3. The molecule has 2 N–H and O–H groups in total. The van der Waals surface area contributed by atoms with Crippen molar-refractivity contribution in [3.63, 3.8) is 0 Å². The number of nitrogens with one attached hydrogen (secondary N) is 2. The summed E-state index contributed by atoms with van der Waals surface area (Å²) in [4.78, 5) is 11.9. The van der Waals surface area contributed by atoms with E-state index in [1.165, 1.54) is 0 Å². The zero-order chi connectivity index (χ0) is 19.9. The fraction of sp³-hybridized carbons (Fsp3) is 0.381. The second kappa shape index (κ2) is 9.21. The Hall–Kier alpha value is -3.09. The fourth-order valence-electron chi connectivity index (χ4n) is 3.19. The Balaban J connectivity index is 1.46. The summed E-state index contributed by atoms with van der Waals surface area (Å²) in [6.07, 6.45) is 1.24.